The monoisotopic (exact) mass is 319 g/mol. The number of nitrogens with zero attached hydrogens (tertiary/aromatic N) is 2. The number of carbonyl (C=O) groups is 1. The van der Waals surface area contributed by atoms with Gasteiger partial charge in [-0.1, -0.05) is 37.6 Å². The third kappa shape index (κ3) is 2.12. The first kappa shape index (κ1) is 14.6. The van der Waals surface area contributed by atoms with Gasteiger partial charge < -0.3 is 5.32 Å². The highest BCUT2D eigenvalue weighted by atomic mass is 16.2. The SMILES string of the molecule is CCCC1NC(=O)c2ccccc2-n2c1nc1ccccc1c2=O. The smallest absolute Gasteiger partial charge is 0.266 e. The molecule has 1 aliphatic rings. The first-order chi connectivity index (χ1) is 11.7. The highest BCUT2D eigenvalue weighted by Crippen LogP contribution is 2.26. The number of amides is 1. The molecular weight excluding hydrogens is 302 g/mol. The fraction of sp³-hybridized carbons (Fsp3) is 0.211. The van der Waals surface area contributed by atoms with Crippen LogP contribution in [0.2, 0.25) is 0 Å². The number of benzene rings is 2. The molecule has 5 heteroatoms. The maximum Gasteiger partial charge on any atom is 0.266 e. The summed E-state index contributed by atoms with van der Waals surface area (Å²) in [7, 11) is 0. The van der Waals surface area contributed by atoms with Crippen molar-refractivity contribution in [1.82, 2.24) is 14.9 Å². The van der Waals surface area contributed by atoms with E-state index in [4.69, 9.17) is 4.98 Å². The van der Waals surface area contributed by atoms with Crippen molar-refractivity contribution >= 4 is 16.8 Å². The van der Waals surface area contributed by atoms with E-state index in [1.54, 1.807) is 28.8 Å². The summed E-state index contributed by atoms with van der Waals surface area (Å²) < 4.78 is 1.59. The van der Waals surface area contributed by atoms with Crippen LogP contribution in [0.5, 0.6) is 0 Å². The molecule has 2 heterocycles. The Kier molecular flexibility index (Phi) is 3.41. The Morgan fingerprint density at radius 2 is 1.83 bits per heavy atom. The van der Waals surface area contributed by atoms with Crippen LogP contribution < -0.4 is 10.9 Å². The van der Waals surface area contributed by atoms with Gasteiger partial charge in [-0.25, -0.2) is 4.98 Å². The second kappa shape index (κ2) is 5.60. The molecule has 2 aromatic carbocycles. The molecule has 5 nitrogen and oxygen atoms in total. The van der Waals surface area contributed by atoms with Crippen molar-refractivity contribution in [1.29, 1.82) is 0 Å². The number of nitrogens with one attached hydrogen (secondary N) is 1. The van der Waals surface area contributed by atoms with Crippen LogP contribution in [0.1, 0.15) is 42.0 Å². The first-order valence-electron chi connectivity index (χ1n) is 8.12. The predicted molar refractivity (Wildman–Crippen MR) is 92.5 cm³/mol. The van der Waals surface area contributed by atoms with Crippen molar-refractivity contribution < 1.29 is 4.79 Å². The molecule has 0 spiro atoms. The van der Waals surface area contributed by atoms with Gasteiger partial charge in [-0.3, -0.25) is 14.2 Å². The molecule has 3 aromatic rings. The van der Waals surface area contributed by atoms with Gasteiger partial charge in [-0.05, 0) is 30.7 Å². The Hall–Kier alpha value is -2.95. The second-order valence-electron chi connectivity index (χ2n) is 5.96. The summed E-state index contributed by atoms with van der Waals surface area (Å²) in [4.78, 5) is 30.5. The lowest BCUT2D eigenvalue weighted by Crippen LogP contribution is -2.30. The van der Waals surface area contributed by atoms with E-state index in [2.05, 4.69) is 5.32 Å². The molecule has 1 aromatic heterocycles. The molecule has 0 fully saturated rings. The number of rotatable bonds is 2. The van der Waals surface area contributed by atoms with Crippen LogP contribution in [0, 0.1) is 0 Å². The van der Waals surface area contributed by atoms with E-state index in [1.807, 2.05) is 31.2 Å². The summed E-state index contributed by atoms with van der Waals surface area (Å²) in [6, 6.07) is 14.2. The second-order valence-corrected chi connectivity index (χ2v) is 5.96. The minimum absolute atomic E-state index is 0.138. The standard InChI is InChI=1S/C19H17N3O2/c1-2-7-15-17-20-14-10-5-3-8-12(14)19(24)22(17)16-11-6-4-9-13(16)18(23)21-15/h3-6,8-11,15H,2,7H2,1H3,(H,21,23). The van der Waals surface area contributed by atoms with E-state index < -0.39 is 0 Å². The predicted octanol–water partition coefficient (Wildman–Crippen LogP) is 2.97. The van der Waals surface area contributed by atoms with Crippen LogP contribution in [-0.2, 0) is 0 Å². The summed E-state index contributed by atoms with van der Waals surface area (Å²) in [5.74, 6) is 0.428. The maximum atomic E-state index is 13.1. The summed E-state index contributed by atoms with van der Waals surface area (Å²) in [6.07, 6.45) is 1.61. The van der Waals surface area contributed by atoms with E-state index in [-0.39, 0.29) is 17.5 Å². The molecule has 1 amide bonds. The molecule has 0 aliphatic carbocycles. The zero-order chi connectivity index (χ0) is 16.7. The van der Waals surface area contributed by atoms with Crippen LogP contribution in [0.25, 0.3) is 16.6 Å². The average molecular weight is 319 g/mol. The fourth-order valence-corrected chi connectivity index (χ4v) is 3.27. The molecule has 0 saturated carbocycles. The summed E-state index contributed by atoms with van der Waals surface area (Å²) >= 11 is 0. The van der Waals surface area contributed by atoms with Crippen molar-refractivity contribution in [2.24, 2.45) is 0 Å². The van der Waals surface area contributed by atoms with Crippen molar-refractivity contribution in [3.05, 3.63) is 70.3 Å². The van der Waals surface area contributed by atoms with E-state index in [0.29, 0.717) is 28.0 Å². The number of para-hydroxylation sites is 2. The quantitative estimate of drug-likeness (QED) is 0.790. The number of fused-ring (bicyclic) bond motifs is 4. The number of hydrogen-bond acceptors (Lipinski definition) is 3. The van der Waals surface area contributed by atoms with Gasteiger partial charge in [0.1, 0.15) is 5.82 Å². The van der Waals surface area contributed by atoms with Gasteiger partial charge in [0.2, 0.25) is 0 Å². The molecule has 0 saturated heterocycles. The van der Waals surface area contributed by atoms with Gasteiger partial charge in [0.05, 0.1) is 28.2 Å². The number of hydrogen-bond donors (Lipinski definition) is 1. The topological polar surface area (TPSA) is 64.0 Å². The molecule has 4 rings (SSSR count). The minimum atomic E-state index is -0.285. The van der Waals surface area contributed by atoms with Crippen LogP contribution >= 0.6 is 0 Å². The van der Waals surface area contributed by atoms with Gasteiger partial charge in [-0.2, -0.15) is 0 Å². The Morgan fingerprint density at radius 1 is 1.08 bits per heavy atom. The van der Waals surface area contributed by atoms with E-state index >= 15 is 0 Å². The molecule has 0 bridgehead atoms. The largest absolute Gasteiger partial charge is 0.342 e. The molecule has 1 unspecified atom stereocenters. The lowest BCUT2D eigenvalue weighted by molar-refractivity contribution is 0.0936. The third-order valence-electron chi connectivity index (χ3n) is 4.39. The van der Waals surface area contributed by atoms with Gasteiger partial charge in [0.15, 0.2) is 0 Å². The Labute approximate surface area is 139 Å². The summed E-state index contributed by atoms with van der Waals surface area (Å²) in [6.45, 7) is 2.05. The Morgan fingerprint density at radius 3 is 2.67 bits per heavy atom. The van der Waals surface area contributed by atoms with Crippen molar-refractivity contribution in [3.8, 4) is 5.69 Å². The molecule has 1 N–H and O–H groups in total. The van der Waals surface area contributed by atoms with Gasteiger partial charge >= 0.3 is 0 Å². The van der Waals surface area contributed by atoms with Crippen molar-refractivity contribution in [3.63, 3.8) is 0 Å². The van der Waals surface area contributed by atoms with E-state index in [9.17, 15) is 9.59 Å². The number of aromatic nitrogens is 2. The van der Waals surface area contributed by atoms with Gasteiger partial charge in [-0.15, -0.1) is 0 Å². The molecule has 0 radical (unpaired) electrons. The average Bonchev–Trinajstić information content (AvgIpc) is 2.72. The molecule has 1 atom stereocenters. The van der Waals surface area contributed by atoms with Crippen LogP contribution in [0.15, 0.2) is 53.3 Å². The van der Waals surface area contributed by atoms with Crippen LogP contribution in [-0.4, -0.2) is 15.5 Å². The van der Waals surface area contributed by atoms with Crippen molar-refractivity contribution in [2.75, 3.05) is 0 Å². The Balaban J connectivity index is 2.13. The lowest BCUT2D eigenvalue weighted by Gasteiger charge is -2.18. The van der Waals surface area contributed by atoms with Gasteiger partial charge in [0, 0.05) is 0 Å². The minimum Gasteiger partial charge on any atom is -0.342 e. The highest BCUT2D eigenvalue weighted by molar-refractivity contribution is 5.98. The van der Waals surface area contributed by atoms with Crippen LogP contribution in [0.3, 0.4) is 0 Å². The number of carbonyl (C=O) groups excluding carboxylic acids is 1. The maximum absolute atomic E-state index is 13.1. The van der Waals surface area contributed by atoms with Crippen LogP contribution in [0.4, 0.5) is 0 Å². The normalized spacial score (nSPS) is 16.2. The van der Waals surface area contributed by atoms with E-state index in [0.717, 1.165) is 12.8 Å². The zero-order valence-corrected chi connectivity index (χ0v) is 13.3. The van der Waals surface area contributed by atoms with E-state index in [1.165, 1.54) is 0 Å². The lowest BCUT2D eigenvalue weighted by atomic mass is 10.1. The highest BCUT2D eigenvalue weighted by Gasteiger charge is 2.28. The Bertz CT molecular complexity index is 1010. The van der Waals surface area contributed by atoms with Gasteiger partial charge in [0.25, 0.3) is 11.5 Å². The van der Waals surface area contributed by atoms with Crippen molar-refractivity contribution in [2.45, 2.75) is 25.8 Å². The fourth-order valence-electron chi connectivity index (χ4n) is 3.27. The zero-order valence-electron chi connectivity index (χ0n) is 13.3. The summed E-state index contributed by atoms with van der Waals surface area (Å²) in [5, 5.41) is 3.58. The summed E-state index contributed by atoms with van der Waals surface area (Å²) in [5.41, 5.74) is 1.60. The molecule has 24 heavy (non-hydrogen) atoms. The molecular formula is C19H17N3O2. The third-order valence-corrected chi connectivity index (χ3v) is 4.39. The first-order valence-corrected chi connectivity index (χ1v) is 8.12. The molecule has 1 aliphatic heterocycles. The molecule has 120 valence electrons.